The smallest absolute Gasteiger partial charge is 0.137 e. The first-order chi connectivity index (χ1) is 8.10. The maximum absolute atomic E-state index is 13.5. The minimum Gasteiger partial charge on any atom is -0.385 e. The molecule has 0 aliphatic carbocycles. The summed E-state index contributed by atoms with van der Waals surface area (Å²) in [5.74, 6) is 5.53. The minimum atomic E-state index is -0.276. The van der Waals surface area contributed by atoms with Crippen molar-refractivity contribution in [1.29, 1.82) is 0 Å². The van der Waals surface area contributed by atoms with E-state index < -0.39 is 0 Å². The van der Waals surface area contributed by atoms with Crippen LogP contribution in [0.5, 0.6) is 0 Å². The van der Waals surface area contributed by atoms with Gasteiger partial charge in [-0.05, 0) is 46.0 Å². The van der Waals surface area contributed by atoms with Gasteiger partial charge >= 0.3 is 0 Å². The quantitative estimate of drug-likeness (QED) is 0.627. The SMILES string of the molecule is COCCC(C)C(NN)c1ccc(Br)c(F)c1. The van der Waals surface area contributed by atoms with Gasteiger partial charge in [0.15, 0.2) is 0 Å². The summed E-state index contributed by atoms with van der Waals surface area (Å²) < 4.78 is 18.9. The van der Waals surface area contributed by atoms with Crippen LogP contribution in [0.2, 0.25) is 0 Å². The molecule has 0 fully saturated rings. The number of methoxy groups -OCH3 is 1. The zero-order chi connectivity index (χ0) is 12.8. The number of nitrogens with two attached hydrogens (primary N) is 1. The Morgan fingerprint density at radius 1 is 1.53 bits per heavy atom. The summed E-state index contributed by atoms with van der Waals surface area (Å²) in [5, 5.41) is 0. The van der Waals surface area contributed by atoms with Gasteiger partial charge in [-0.15, -0.1) is 0 Å². The Kier molecular flexibility index (Phi) is 6.05. The summed E-state index contributed by atoms with van der Waals surface area (Å²) in [6.45, 7) is 2.72. The van der Waals surface area contributed by atoms with Crippen LogP contribution in [0.25, 0.3) is 0 Å². The van der Waals surface area contributed by atoms with Gasteiger partial charge in [0, 0.05) is 19.8 Å². The van der Waals surface area contributed by atoms with Crippen molar-refractivity contribution in [2.75, 3.05) is 13.7 Å². The zero-order valence-electron chi connectivity index (χ0n) is 10.0. The Morgan fingerprint density at radius 2 is 2.24 bits per heavy atom. The Hall–Kier alpha value is -0.490. The van der Waals surface area contributed by atoms with Crippen LogP contribution in [-0.2, 0) is 4.74 Å². The highest BCUT2D eigenvalue weighted by atomic mass is 79.9. The predicted molar refractivity (Wildman–Crippen MR) is 69.8 cm³/mol. The van der Waals surface area contributed by atoms with Crippen molar-refractivity contribution in [1.82, 2.24) is 5.43 Å². The molecule has 1 aromatic rings. The lowest BCUT2D eigenvalue weighted by Gasteiger charge is -2.23. The second-order valence-electron chi connectivity index (χ2n) is 4.08. The van der Waals surface area contributed by atoms with E-state index >= 15 is 0 Å². The summed E-state index contributed by atoms with van der Waals surface area (Å²) in [6, 6.07) is 4.98. The molecular weight excluding hydrogens is 287 g/mol. The predicted octanol–water partition coefficient (Wildman–Crippen LogP) is 2.77. The highest BCUT2D eigenvalue weighted by Crippen LogP contribution is 2.26. The third-order valence-electron chi connectivity index (χ3n) is 2.83. The normalized spacial score (nSPS) is 14.6. The zero-order valence-corrected chi connectivity index (χ0v) is 11.6. The van der Waals surface area contributed by atoms with Crippen LogP contribution in [0, 0.1) is 11.7 Å². The number of hydrazine groups is 1. The third kappa shape index (κ3) is 4.03. The Bertz CT molecular complexity index is 362. The number of hydrogen-bond acceptors (Lipinski definition) is 3. The molecule has 1 aromatic carbocycles. The average Bonchev–Trinajstić information content (AvgIpc) is 2.32. The molecule has 0 bridgehead atoms. The minimum absolute atomic E-state index is 0.0762. The fourth-order valence-corrected chi connectivity index (χ4v) is 2.01. The fourth-order valence-electron chi connectivity index (χ4n) is 1.77. The number of hydrogen-bond donors (Lipinski definition) is 2. The number of nitrogens with one attached hydrogen (secondary N) is 1. The van der Waals surface area contributed by atoms with Gasteiger partial charge in [-0.25, -0.2) is 4.39 Å². The van der Waals surface area contributed by atoms with E-state index in [0.717, 1.165) is 12.0 Å². The number of halogens is 2. The molecule has 1 rings (SSSR count). The van der Waals surface area contributed by atoms with Gasteiger partial charge in [-0.2, -0.15) is 0 Å². The van der Waals surface area contributed by atoms with E-state index in [4.69, 9.17) is 10.6 Å². The molecule has 0 saturated heterocycles. The summed E-state index contributed by atoms with van der Waals surface area (Å²) in [5.41, 5.74) is 3.58. The van der Waals surface area contributed by atoms with Crippen molar-refractivity contribution < 1.29 is 9.13 Å². The molecular formula is C12H18BrFN2O. The van der Waals surface area contributed by atoms with Gasteiger partial charge in [0.25, 0.3) is 0 Å². The van der Waals surface area contributed by atoms with E-state index in [2.05, 4.69) is 28.3 Å². The van der Waals surface area contributed by atoms with E-state index in [1.807, 2.05) is 6.07 Å². The van der Waals surface area contributed by atoms with E-state index in [-0.39, 0.29) is 17.8 Å². The van der Waals surface area contributed by atoms with Crippen molar-refractivity contribution in [3.63, 3.8) is 0 Å². The molecule has 0 aromatic heterocycles. The molecule has 0 aliphatic rings. The first-order valence-corrected chi connectivity index (χ1v) is 6.29. The highest BCUT2D eigenvalue weighted by molar-refractivity contribution is 9.10. The van der Waals surface area contributed by atoms with Gasteiger partial charge in [0.2, 0.25) is 0 Å². The van der Waals surface area contributed by atoms with E-state index in [1.165, 1.54) is 6.07 Å². The number of ether oxygens (including phenoxy) is 1. The fraction of sp³-hybridized carbons (Fsp3) is 0.500. The van der Waals surface area contributed by atoms with E-state index in [9.17, 15) is 4.39 Å². The number of rotatable bonds is 6. The Balaban J connectivity index is 2.81. The molecule has 5 heteroatoms. The number of benzene rings is 1. The van der Waals surface area contributed by atoms with Crippen LogP contribution in [0.1, 0.15) is 24.9 Å². The van der Waals surface area contributed by atoms with Crippen molar-refractivity contribution >= 4 is 15.9 Å². The van der Waals surface area contributed by atoms with E-state index in [0.29, 0.717) is 11.1 Å². The Morgan fingerprint density at radius 3 is 2.76 bits per heavy atom. The molecule has 3 N–H and O–H groups in total. The summed E-state index contributed by atoms with van der Waals surface area (Å²) in [6.07, 6.45) is 0.864. The molecule has 2 unspecified atom stereocenters. The maximum atomic E-state index is 13.5. The van der Waals surface area contributed by atoms with Crippen molar-refractivity contribution in [3.05, 3.63) is 34.1 Å². The van der Waals surface area contributed by atoms with Crippen LogP contribution >= 0.6 is 15.9 Å². The van der Waals surface area contributed by atoms with Crippen LogP contribution in [0.15, 0.2) is 22.7 Å². The molecule has 0 radical (unpaired) electrons. The Labute approximate surface area is 110 Å². The molecule has 17 heavy (non-hydrogen) atoms. The maximum Gasteiger partial charge on any atom is 0.137 e. The molecule has 0 spiro atoms. The first kappa shape index (κ1) is 14.6. The van der Waals surface area contributed by atoms with Gasteiger partial charge < -0.3 is 4.74 Å². The average molecular weight is 305 g/mol. The van der Waals surface area contributed by atoms with Crippen LogP contribution in [0.3, 0.4) is 0 Å². The van der Waals surface area contributed by atoms with E-state index in [1.54, 1.807) is 13.2 Å². The van der Waals surface area contributed by atoms with Gasteiger partial charge in [0.1, 0.15) is 5.82 Å². The van der Waals surface area contributed by atoms with Gasteiger partial charge in [0.05, 0.1) is 4.47 Å². The lowest BCUT2D eigenvalue weighted by Crippen LogP contribution is -2.33. The summed E-state index contributed by atoms with van der Waals surface area (Å²) in [7, 11) is 1.66. The molecule has 0 amide bonds. The van der Waals surface area contributed by atoms with Crippen molar-refractivity contribution in [2.24, 2.45) is 11.8 Å². The standard InChI is InChI=1S/C12H18BrFN2O/c1-8(5-6-17-2)12(16-15)9-3-4-10(13)11(14)7-9/h3-4,7-8,12,16H,5-6,15H2,1-2H3. The monoisotopic (exact) mass is 304 g/mol. The lowest BCUT2D eigenvalue weighted by molar-refractivity contribution is 0.170. The second kappa shape index (κ2) is 7.06. The highest BCUT2D eigenvalue weighted by Gasteiger charge is 2.18. The summed E-state index contributed by atoms with van der Waals surface area (Å²) in [4.78, 5) is 0. The van der Waals surface area contributed by atoms with Crippen LogP contribution < -0.4 is 11.3 Å². The first-order valence-electron chi connectivity index (χ1n) is 5.50. The van der Waals surface area contributed by atoms with Crippen LogP contribution in [0.4, 0.5) is 4.39 Å². The van der Waals surface area contributed by atoms with Crippen molar-refractivity contribution in [2.45, 2.75) is 19.4 Å². The van der Waals surface area contributed by atoms with Gasteiger partial charge in [-0.1, -0.05) is 13.0 Å². The largest absolute Gasteiger partial charge is 0.385 e. The topological polar surface area (TPSA) is 47.3 Å². The molecule has 3 nitrogen and oxygen atoms in total. The summed E-state index contributed by atoms with van der Waals surface area (Å²) >= 11 is 3.13. The molecule has 0 aliphatic heterocycles. The molecule has 0 saturated carbocycles. The van der Waals surface area contributed by atoms with Crippen LogP contribution in [-0.4, -0.2) is 13.7 Å². The third-order valence-corrected chi connectivity index (χ3v) is 3.47. The lowest BCUT2D eigenvalue weighted by atomic mass is 9.92. The van der Waals surface area contributed by atoms with Crippen molar-refractivity contribution in [3.8, 4) is 0 Å². The van der Waals surface area contributed by atoms with Gasteiger partial charge in [-0.3, -0.25) is 11.3 Å². The second-order valence-corrected chi connectivity index (χ2v) is 4.93. The molecule has 0 heterocycles. The molecule has 96 valence electrons. The molecule has 2 atom stereocenters.